The van der Waals surface area contributed by atoms with Crippen molar-refractivity contribution in [3.63, 3.8) is 0 Å². The van der Waals surface area contributed by atoms with Gasteiger partial charge in [0, 0.05) is 21.8 Å². The van der Waals surface area contributed by atoms with Crippen molar-refractivity contribution >= 4 is 17.7 Å². The number of aromatic carboxylic acids is 1. The number of fused-ring (bicyclic) bond motifs is 3. The van der Waals surface area contributed by atoms with Crippen LogP contribution in [-0.4, -0.2) is 20.9 Å². The lowest BCUT2D eigenvalue weighted by molar-refractivity contribution is 0.0688. The van der Waals surface area contributed by atoms with E-state index in [2.05, 4.69) is 17.2 Å². The van der Waals surface area contributed by atoms with Gasteiger partial charge in [-0.2, -0.15) is 5.10 Å². The first-order valence-corrected chi connectivity index (χ1v) is 9.31. The highest BCUT2D eigenvalue weighted by Crippen LogP contribution is 2.44. The number of thioether (sulfide) groups is 1. The first-order valence-electron chi connectivity index (χ1n) is 8.32. The lowest BCUT2D eigenvalue weighted by Gasteiger charge is -2.22. The average molecular weight is 328 g/mol. The number of rotatable bonds is 2. The largest absolute Gasteiger partial charge is 0.476 e. The molecule has 0 spiro atoms. The number of benzene rings is 1. The average Bonchev–Trinajstić information content (AvgIpc) is 2.75. The summed E-state index contributed by atoms with van der Waals surface area (Å²) in [5, 5.41) is 14.1. The molecule has 2 aromatic rings. The van der Waals surface area contributed by atoms with Crippen LogP contribution in [0.2, 0.25) is 0 Å². The second kappa shape index (κ2) is 6.04. The zero-order chi connectivity index (χ0) is 15.8. The molecule has 0 atom stereocenters. The summed E-state index contributed by atoms with van der Waals surface area (Å²) in [5.41, 5.74) is 3.32. The monoisotopic (exact) mass is 328 g/mol. The molecule has 0 saturated heterocycles. The molecule has 4 rings (SSSR count). The Morgan fingerprint density at radius 2 is 1.91 bits per heavy atom. The van der Waals surface area contributed by atoms with Crippen LogP contribution in [0.4, 0.5) is 0 Å². The van der Waals surface area contributed by atoms with Gasteiger partial charge in [0.25, 0.3) is 0 Å². The molecule has 120 valence electrons. The molecule has 0 bridgehead atoms. The molecule has 1 saturated carbocycles. The fourth-order valence-electron chi connectivity index (χ4n) is 3.77. The summed E-state index contributed by atoms with van der Waals surface area (Å²) in [6.45, 7) is 0. The highest BCUT2D eigenvalue weighted by atomic mass is 32.2. The van der Waals surface area contributed by atoms with Crippen LogP contribution in [-0.2, 0) is 5.75 Å². The molecule has 1 fully saturated rings. The third-order valence-corrected chi connectivity index (χ3v) is 6.00. The van der Waals surface area contributed by atoms with Crippen LogP contribution in [0.25, 0.3) is 11.3 Å². The van der Waals surface area contributed by atoms with E-state index in [0.29, 0.717) is 11.8 Å². The Kier molecular flexibility index (Phi) is 3.89. The molecule has 1 N–H and O–H groups in total. The van der Waals surface area contributed by atoms with E-state index in [1.54, 1.807) is 11.8 Å². The van der Waals surface area contributed by atoms with Crippen LogP contribution < -0.4 is 0 Å². The maximum absolute atomic E-state index is 11.7. The first kappa shape index (κ1) is 14.8. The number of hydrogen-bond donors (Lipinski definition) is 1. The molecule has 1 aliphatic carbocycles. The van der Waals surface area contributed by atoms with Gasteiger partial charge >= 0.3 is 5.97 Å². The van der Waals surface area contributed by atoms with E-state index >= 15 is 0 Å². The smallest absolute Gasteiger partial charge is 0.356 e. The molecular formula is C18H20N2O2S. The van der Waals surface area contributed by atoms with Gasteiger partial charge in [-0.3, -0.25) is 4.68 Å². The summed E-state index contributed by atoms with van der Waals surface area (Å²) in [4.78, 5) is 12.9. The van der Waals surface area contributed by atoms with Gasteiger partial charge in [0.05, 0.1) is 11.7 Å². The van der Waals surface area contributed by atoms with E-state index in [0.717, 1.165) is 29.7 Å². The fraction of sp³-hybridized carbons (Fsp3) is 0.444. The Hall–Kier alpha value is -1.75. The minimum atomic E-state index is -0.909. The van der Waals surface area contributed by atoms with E-state index in [4.69, 9.17) is 0 Å². The molecule has 0 unspecified atom stereocenters. The standard InChI is InChI=1S/C18H20N2O2S/c21-18(22)16-14-11-23-15-10-6-5-9-13(15)17(14)20(19-16)12-7-3-1-2-4-8-12/h5-6,9-10,12H,1-4,7-8,11H2,(H,21,22). The maximum Gasteiger partial charge on any atom is 0.356 e. The molecule has 2 heterocycles. The fourth-order valence-corrected chi connectivity index (χ4v) is 4.84. The van der Waals surface area contributed by atoms with Crippen LogP contribution in [0.1, 0.15) is 60.6 Å². The Labute approximate surface area is 139 Å². The Bertz CT molecular complexity index is 745. The van der Waals surface area contributed by atoms with E-state index in [1.165, 1.54) is 30.6 Å². The second-order valence-corrected chi connectivity index (χ2v) is 7.37. The Morgan fingerprint density at radius 3 is 2.65 bits per heavy atom. The van der Waals surface area contributed by atoms with Gasteiger partial charge < -0.3 is 5.11 Å². The van der Waals surface area contributed by atoms with E-state index < -0.39 is 5.97 Å². The molecule has 1 aliphatic heterocycles. The molecule has 1 aromatic heterocycles. The van der Waals surface area contributed by atoms with Crippen LogP contribution in [0.5, 0.6) is 0 Å². The summed E-state index contributed by atoms with van der Waals surface area (Å²) in [6, 6.07) is 8.62. The first-order chi connectivity index (χ1) is 11.3. The van der Waals surface area contributed by atoms with Gasteiger partial charge in [-0.1, -0.05) is 43.9 Å². The predicted molar refractivity (Wildman–Crippen MR) is 90.9 cm³/mol. The minimum absolute atomic E-state index is 0.242. The summed E-state index contributed by atoms with van der Waals surface area (Å²) in [5.74, 6) is -0.214. The second-order valence-electron chi connectivity index (χ2n) is 6.36. The highest BCUT2D eigenvalue weighted by molar-refractivity contribution is 7.98. The lowest BCUT2D eigenvalue weighted by atomic mass is 10.0. The Morgan fingerprint density at radius 1 is 1.17 bits per heavy atom. The van der Waals surface area contributed by atoms with Crippen molar-refractivity contribution in [1.29, 1.82) is 0 Å². The number of carbonyl (C=O) groups is 1. The van der Waals surface area contributed by atoms with Gasteiger partial charge in [-0.05, 0) is 18.9 Å². The summed E-state index contributed by atoms with van der Waals surface area (Å²) >= 11 is 1.71. The van der Waals surface area contributed by atoms with Crippen molar-refractivity contribution in [3.05, 3.63) is 35.5 Å². The van der Waals surface area contributed by atoms with E-state index in [1.807, 2.05) is 16.8 Å². The molecule has 4 nitrogen and oxygen atoms in total. The van der Waals surface area contributed by atoms with Gasteiger partial charge in [0.2, 0.25) is 0 Å². The summed E-state index contributed by atoms with van der Waals surface area (Å²) in [7, 11) is 0. The van der Waals surface area contributed by atoms with Crippen LogP contribution >= 0.6 is 11.8 Å². The third kappa shape index (κ3) is 2.57. The molecular weight excluding hydrogens is 308 g/mol. The molecule has 0 radical (unpaired) electrons. The molecule has 23 heavy (non-hydrogen) atoms. The zero-order valence-corrected chi connectivity index (χ0v) is 13.8. The van der Waals surface area contributed by atoms with Crippen LogP contribution in [0.15, 0.2) is 29.2 Å². The molecule has 1 aromatic carbocycles. The third-order valence-electron chi connectivity index (χ3n) is 4.90. The van der Waals surface area contributed by atoms with Crippen molar-refractivity contribution in [2.45, 2.75) is 55.2 Å². The van der Waals surface area contributed by atoms with Gasteiger partial charge in [0.1, 0.15) is 0 Å². The van der Waals surface area contributed by atoms with Crippen molar-refractivity contribution in [1.82, 2.24) is 9.78 Å². The van der Waals surface area contributed by atoms with Crippen LogP contribution in [0.3, 0.4) is 0 Å². The van der Waals surface area contributed by atoms with Crippen molar-refractivity contribution in [3.8, 4) is 11.3 Å². The number of nitrogens with zero attached hydrogens (tertiary/aromatic N) is 2. The van der Waals surface area contributed by atoms with E-state index in [-0.39, 0.29) is 5.69 Å². The maximum atomic E-state index is 11.7. The topological polar surface area (TPSA) is 55.1 Å². The zero-order valence-electron chi connectivity index (χ0n) is 13.0. The normalized spacial score (nSPS) is 18.1. The van der Waals surface area contributed by atoms with Crippen molar-refractivity contribution in [2.75, 3.05) is 0 Å². The lowest BCUT2D eigenvalue weighted by Crippen LogP contribution is -2.13. The number of hydrogen-bond acceptors (Lipinski definition) is 3. The van der Waals surface area contributed by atoms with Crippen molar-refractivity contribution in [2.24, 2.45) is 0 Å². The Balaban J connectivity index is 1.88. The van der Waals surface area contributed by atoms with E-state index in [9.17, 15) is 9.90 Å². The number of aromatic nitrogens is 2. The SMILES string of the molecule is O=C(O)c1nn(C2CCCCCC2)c2c1CSc1ccccc1-2. The molecule has 0 amide bonds. The van der Waals surface area contributed by atoms with Gasteiger partial charge in [-0.25, -0.2) is 4.79 Å². The minimum Gasteiger partial charge on any atom is -0.476 e. The van der Waals surface area contributed by atoms with Gasteiger partial charge in [0.15, 0.2) is 5.69 Å². The van der Waals surface area contributed by atoms with Gasteiger partial charge in [-0.15, -0.1) is 11.8 Å². The number of carboxylic acids is 1. The summed E-state index contributed by atoms with van der Waals surface area (Å²) < 4.78 is 2.04. The molecule has 2 aliphatic rings. The number of carboxylic acid groups (broad SMARTS) is 1. The molecule has 5 heteroatoms. The predicted octanol–water partition coefficient (Wildman–Crippen LogP) is 4.75. The van der Waals surface area contributed by atoms with Crippen LogP contribution in [0, 0.1) is 0 Å². The summed E-state index contributed by atoms with van der Waals surface area (Å²) in [6.07, 6.45) is 7.16. The highest BCUT2D eigenvalue weighted by Gasteiger charge is 2.31. The quantitative estimate of drug-likeness (QED) is 0.808. The van der Waals surface area contributed by atoms with Crippen molar-refractivity contribution < 1.29 is 9.90 Å².